The maximum absolute atomic E-state index is 13.0. The third-order valence-corrected chi connectivity index (χ3v) is 6.32. The van der Waals surface area contributed by atoms with Crippen LogP contribution in [0.1, 0.15) is 46.5 Å². The number of carbonyl (C=O) groups is 2. The Kier molecular flexibility index (Phi) is 6.00. The molecule has 0 unspecified atom stereocenters. The second-order valence-corrected chi connectivity index (χ2v) is 8.89. The number of nitrogens with zero attached hydrogens (tertiary/aromatic N) is 6. The quantitative estimate of drug-likeness (QED) is 0.369. The van der Waals surface area contributed by atoms with Crippen molar-refractivity contribution in [3.63, 3.8) is 0 Å². The molecule has 12 nitrogen and oxygen atoms in total. The second-order valence-electron chi connectivity index (χ2n) is 8.89. The lowest BCUT2D eigenvalue weighted by atomic mass is 9.97. The molecule has 2 amide bonds. The predicted molar refractivity (Wildman–Crippen MR) is 133 cm³/mol. The van der Waals surface area contributed by atoms with Crippen LogP contribution in [-0.4, -0.2) is 55.2 Å². The maximum atomic E-state index is 13.0. The monoisotopic (exact) mass is 489 g/mol. The lowest BCUT2D eigenvalue weighted by Crippen LogP contribution is -2.54. The molecule has 0 saturated carbocycles. The normalized spacial score (nSPS) is 17.8. The van der Waals surface area contributed by atoms with Crippen molar-refractivity contribution in [2.45, 2.75) is 38.8 Å². The molecule has 3 aromatic heterocycles. The van der Waals surface area contributed by atoms with E-state index in [1.807, 2.05) is 6.92 Å². The highest BCUT2D eigenvalue weighted by atomic mass is 16.3. The fourth-order valence-electron chi connectivity index (χ4n) is 4.50. The minimum Gasteiger partial charge on any atom is -0.441 e. The number of fused-ring (bicyclic) bond motifs is 1. The van der Waals surface area contributed by atoms with Crippen LogP contribution in [0.4, 0.5) is 17.3 Å². The van der Waals surface area contributed by atoms with E-state index in [9.17, 15) is 9.59 Å². The summed E-state index contributed by atoms with van der Waals surface area (Å²) < 4.78 is 7.13. The highest BCUT2D eigenvalue weighted by Gasteiger charge is 2.31. The molecule has 1 aliphatic heterocycles. The van der Waals surface area contributed by atoms with Crippen molar-refractivity contribution < 1.29 is 14.0 Å². The third-order valence-electron chi connectivity index (χ3n) is 6.32. The van der Waals surface area contributed by atoms with Crippen molar-refractivity contribution >= 4 is 40.2 Å². The fraction of sp³-hybridized carbons (Fsp3) is 0.333. The first-order valence-corrected chi connectivity index (χ1v) is 11.7. The zero-order chi connectivity index (χ0) is 25.4. The van der Waals surface area contributed by atoms with Crippen LogP contribution in [0.5, 0.6) is 0 Å². The molecule has 2 atom stereocenters. The van der Waals surface area contributed by atoms with Gasteiger partial charge in [0.2, 0.25) is 0 Å². The van der Waals surface area contributed by atoms with Crippen LogP contribution < -0.4 is 21.3 Å². The first kappa shape index (κ1) is 23.3. The Morgan fingerprint density at radius 1 is 1.22 bits per heavy atom. The topological polar surface area (TPSA) is 157 Å². The van der Waals surface area contributed by atoms with E-state index in [0.29, 0.717) is 34.1 Å². The van der Waals surface area contributed by atoms with Gasteiger partial charge in [-0.3, -0.25) is 14.3 Å². The van der Waals surface area contributed by atoms with E-state index in [-0.39, 0.29) is 29.5 Å². The molecular formula is C24H27N9O3. The van der Waals surface area contributed by atoms with Gasteiger partial charge in [-0.15, -0.1) is 0 Å². The van der Waals surface area contributed by atoms with E-state index < -0.39 is 5.91 Å². The number of nitrogens with one attached hydrogen (secondary N) is 2. The van der Waals surface area contributed by atoms with Gasteiger partial charge in [0, 0.05) is 44.4 Å². The summed E-state index contributed by atoms with van der Waals surface area (Å²) in [7, 11) is 1.79. The van der Waals surface area contributed by atoms with Gasteiger partial charge < -0.3 is 25.7 Å². The zero-order valence-electron chi connectivity index (χ0n) is 20.2. The van der Waals surface area contributed by atoms with Crippen molar-refractivity contribution in [2.75, 3.05) is 16.8 Å². The molecule has 0 aliphatic carbocycles. The molecule has 5 rings (SSSR count). The SMILES string of the molecule is Cc1nc2cc(C(=O)N[C@@H]3CCCN(c4cnc(C(N)=O)c(Nc5cnn(C)c5)n4)[C@@H]3C)ccc2o1. The molecule has 4 aromatic rings. The van der Waals surface area contributed by atoms with E-state index in [0.717, 1.165) is 19.4 Å². The van der Waals surface area contributed by atoms with E-state index in [1.54, 1.807) is 49.2 Å². The first-order valence-electron chi connectivity index (χ1n) is 11.7. The molecule has 1 aromatic carbocycles. The van der Waals surface area contributed by atoms with Gasteiger partial charge >= 0.3 is 0 Å². The summed E-state index contributed by atoms with van der Waals surface area (Å²) >= 11 is 0. The number of hydrogen-bond acceptors (Lipinski definition) is 9. The molecule has 0 spiro atoms. The van der Waals surface area contributed by atoms with Crippen LogP contribution in [-0.2, 0) is 7.05 Å². The molecule has 4 N–H and O–H groups in total. The molecule has 186 valence electrons. The molecule has 1 aliphatic rings. The summed E-state index contributed by atoms with van der Waals surface area (Å²) in [5.41, 5.74) is 8.04. The van der Waals surface area contributed by atoms with Gasteiger partial charge in [-0.05, 0) is 38.0 Å². The minimum atomic E-state index is -0.684. The summed E-state index contributed by atoms with van der Waals surface area (Å²) in [6, 6.07) is 5.04. The van der Waals surface area contributed by atoms with Gasteiger partial charge in [0.1, 0.15) is 11.3 Å². The average molecular weight is 490 g/mol. The second kappa shape index (κ2) is 9.29. The van der Waals surface area contributed by atoms with Crippen LogP contribution in [0, 0.1) is 6.92 Å². The number of hydrogen-bond donors (Lipinski definition) is 3. The molecule has 4 heterocycles. The number of benzene rings is 1. The van der Waals surface area contributed by atoms with Crippen molar-refractivity contribution in [3.8, 4) is 0 Å². The summed E-state index contributed by atoms with van der Waals surface area (Å²) in [5.74, 6) is 0.529. The number of piperidine rings is 1. The third kappa shape index (κ3) is 4.57. The number of aromatic nitrogens is 5. The molecule has 12 heteroatoms. The molecule has 0 radical (unpaired) electrons. The van der Waals surface area contributed by atoms with Gasteiger partial charge in [0.25, 0.3) is 11.8 Å². The molecule has 36 heavy (non-hydrogen) atoms. The highest BCUT2D eigenvalue weighted by Crippen LogP contribution is 2.27. The van der Waals surface area contributed by atoms with Gasteiger partial charge in [0.15, 0.2) is 23.0 Å². The minimum absolute atomic E-state index is 0.0376. The summed E-state index contributed by atoms with van der Waals surface area (Å²) in [5, 5.41) is 10.4. The first-order chi connectivity index (χ1) is 17.3. The Morgan fingerprint density at radius 3 is 2.81 bits per heavy atom. The van der Waals surface area contributed by atoms with Crippen LogP contribution in [0.2, 0.25) is 0 Å². The molecule has 1 saturated heterocycles. The van der Waals surface area contributed by atoms with Crippen LogP contribution >= 0.6 is 0 Å². The number of nitrogens with two attached hydrogens (primary N) is 1. The number of carbonyl (C=O) groups excluding carboxylic acids is 2. The lowest BCUT2D eigenvalue weighted by Gasteiger charge is -2.40. The van der Waals surface area contributed by atoms with Crippen LogP contribution in [0.3, 0.4) is 0 Å². The Morgan fingerprint density at radius 2 is 2.06 bits per heavy atom. The zero-order valence-corrected chi connectivity index (χ0v) is 20.2. The number of aryl methyl sites for hydroxylation is 2. The molecular weight excluding hydrogens is 462 g/mol. The van der Waals surface area contributed by atoms with Crippen LogP contribution in [0.25, 0.3) is 11.1 Å². The lowest BCUT2D eigenvalue weighted by molar-refractivity contribution is 0.0923. The Balaban J connectivity index is 1.35. The molecule has 0 bridgehead atoms. The largest absolute Gasteiger partial charge is 0.441 e. The van der Waals surface area contributed by atoms with E-state index >= 15 is 0 Å². The smallest absolute Gasteiger partial charge is 0.271 e. The predicted octanol–water partition coefficient (Wildman–Crippen LogP) is 2.29. The van der Waals surface area contributed by atoms with Gasteiger partial charge in [-0.2, -0.15) is 5.10 Å². The summed E-state index contributed by atoms with van der Waals surface area (Å²) in [4.78, 5) is 40.3. The van der Waals surface area contributed by atoms with E-state index in [2.05, 4.69) is 35.6 Å². The van der Waals surface area contributed by atoms with Crippen molar-refractivity contribution in [3.05, 3.63) is 53.9 Å². The van der Waals surface area contributed by atoms with Gasteiger partial charge in [0.05, 0.1) is 18.1 Å². The Bertz CT molecular complexity index is 1440. The number of primary amides is 1. The van der Waals surface area contributed by atoms with Gasteiger partial charge in [-0.1, -0.05) is 0 Å². The Labute approximate surface area is 206 Å². The highest BCUT2D eigenvalue weighted by molar-refractivity contribution is 5.97. The number of rotatable bonds is 6. The number of anilines is 3. The average Bonchev–Trinajstić information content (AvgIpc) is 3.43. The van der Waals surface area contributed by atoms with Crippen LogP contribution in [0.15, 0.2) is 41.2 Å². The molecule has 1 fully saturated rings. The summed E-state index contributed by atoms with van der Waals surface area (Å²) in [6.07, 6.45) is 6.58. The van der Waals surface area contributed by atoms with E-state index in [1.165, 1.54) is 6.20 Å². The standard InChI is InChI=1S/C24H27N9O3/c1-13-17(30-24(35)15-6-7-19-18(9-15)28-14(2)36-19)5-4-8-33(13)20-11-26-21(22(25)34)23(31-20)29-16-10-27-32(3)12-16/h6-7,9-13,17H,4-5,8H2,1-3H3,(H2,25,34)(H,29,31)(H,30,35)/t13-,17-/m1/s1. The van der Waals surface area contributed by atoms with E-state index in [4.69, 9.17) is 10.2 Å². The fourth-order valence-corrected chi connectivity index (χ4v) is 4.50. The maximum Gasteiger partial charge on any atom is 0.271 e. The van der Waals surface area contributed by atoms with Crippen molar-refractivity contribution in [1.82, 2.24) is 30.0 Å². The summed E-state index contributed by atoms with van der Waals surface area (Å²) in [6.45, 7) is 4.54. The number of amides is 2. The number of oxazole rings is 1. The Hall–Kier alpha value is -4.48. The van der Waals surface area contributed by atoms with Gasteiger partial charge in [-0.25, -0.2) is 15.0 Å². The van der Waals surface area contributed by atoms with Crippen molar-refractivity contribution in [1.29, 1.82) is 0 Å². The van der Waals surface area contributed by atoms with Crippen molar-refractivity contribution in [2.24, 2.45) is 12.8 Å².